The second kappa shape index (κ2) is 10.2. The molecule has 0 saturated carbocycles. The zero-order valence-corrected chi connectivity index (χ0v) is 22.3. The second-order valence-corrected chi connectivity index (χ2v) is 10.3. The number of hydrogen-bond donors (Lipinski definition) is 0. The number of esters is 1. The maximum absolute atomic E-state index is 15.3. The number of aryl methyl sites for hydroxylation is 2. The topological polar surface area (TPSA) is 57.7 Å². The number of halogens is 1. The lowest BCUT2D eigenvalue weighted by Crippen LogP contribution is -2.09. The standard InChI is InChI=1S/C33H30FNO4/c1-19-13-22(21-5-4-12-35-17-21)14-20(2)32(19)26-8-10-28(34)33-27(26)9-11-29(33)39-24-6-7-25-23(15-31(36)37-3)18-38-30(25)16-24/h4-8,10,12-14,16-17,23,29H,9,11,15,18H2,1-3H3/t23?,29-/m1/s1. The molecular weight excluding hydrogens is 493 g/mol. The molecule has 0 bridgehead atoms. The minimum Gasteiger partial charge on any atom is -0.492 e. The molecule has 2 aliphatic rings. The Hall–Kier alpha value is -4.19. The third-order valence-electron chi connectivity index (χ3n) is 7.86. The van der Waals surface area contributed by atoms with E-state index in [1.807, 2.05) is 36.5 Å². The minimum absolute atomic E-state index is 0.0373. The predicted molar refractivity (Wildman–Crippen MR) is 148 cm³/mol. The van der Waals surface area contributed by atoms with Gasteiger partial charge in [0.05, 0.1) is 20.1 Å². The average molecular weight is 524 g/mol. The monoisotopic (exact) mass is 523 g/mol. The van der Waals surface area contributed by atoms with Gasteiger partial charge in [-0.15, -0.1) is 0 Å². The molecule has 1 unspecified atom stereocenters. The van der Waals surface area contributed by atoms with Crippen LogP contribution in [0.1, 0.15) is 52.7 Å². The number of rotatable bonds is 6. The fraction of sp³-hybridized carbons (Fsp3) is 0.273. The van der Waals surface area contributed by atoms with Crippen LogP contribution in [0.4, 0.5) is 4.39 Å². The molecule has 1 aliphatic heterocycles. The smallest absolute Gasteiger partial charge is 0.306 e. The number of nitrogens with zero attached hydrogens (tertiary/aromatic N) is 1. The first-order valence-electron chi connectivity index (χ1n) is 13.3. The molecule has 4 aromatic rings. The molecule has 0 radical (unpaired) electrons. The van der Waals surface area contributed by atoms with E-state index in [4.69, 9.17) is 14.2 Å². The Morgan fingerprint density at radius 1 is 1.08 bits per heavy atom. The summed E-state index contributed by atoms with van der Waals surface area (Å²) in [6.45, 7) is 4.65. The van der Waals surface area contributed by atoms with E-state index in [1.54, 1.807) is 12.3 Å². The van der Waals surface area contributed by atoms with Gasteiger partial charge in [-0.25, -0.2) is 4.39 Å². The van der Waals surface area contributed by atoms with Crippen molar-refractivity contribution in [3.05, 3.63) is 101 Å². The molecule has 6 heteroatoms. The summed E-state index contributed by atoms with van der Waals surface area (Å²) < 4.78 is 32.3. The van der Waals surface area contributed by atoms with Gasteiger partial charge in [0.1, 0.15) is 23.4 Å². The number of benzene rings is 3. The van der Waals surface area contributed by atoms with Crippen LogP contribution in [-0.4, -0.2) is 24.7 Å². The fourth-order valence-electron chi connectivity index (χ4n) is 6.06. The molecule has 2 heterocycles. The van der Waals surface area contributed by atoms with Crippen LogP contribution < -0.4 is 9.47 Å². The van der Waals surface area contributed by atoms with Gasteiger partial charge in [-0.1, -0.05) is 30.3 Å². The summed E-state index contributed by atoms with van der Waals surface area (Å²) in [5, 5.41) is 0. The summed E-state index contributed by atoms with van der Waals surface area (Å²) in [4.78, 5) is 16.0. The number of hydrogen-bond acceptors (Lipinski definition) is 5. The molecule has 0 saturated heterocycles. The highest BCUT2D eigenvalue weighted by Crippen LogP contribution is 2.45. The van der Waals surface area contributed by atoms with Crippen molar-refractivity contribution >= 4 is 5.97 Å². The van der Waals surface area contributed by atoms with E-state index < -0.39 is 0 Å². The maximum atomic E-state index is 15.3. The first-order chi connectivity index (χ1) is 18.9. The lowest BCUT2D eigenvalue weighted by Gasteiger charge is -2.19. The molecule has 198 valence electrons. The van der Waals surface area contributed by atoms with Gasteiger partial charge in [0.2, 0.25) is 0 Å². The Bertz CT molecular complexity index is 1540. The Kier molecular flexibility index (Phi) is 6.55. The van der Waals surface area contributed by atoms with Gasteiger partial charge in [-0.2, -0.15) is 0 Å². The summed E-state index contributed by atoms with van der Waals surface area (Å²) in [5.74, 6) is 0.790. The molecule has 39 heavy (non-hydrogen) atoms. The van der Waals surface area contributed by atoms with E-state index in [0.29, 0.717) is 30.1 Å². The Morgan fingerprint density at radius 3 is 2.64 bits per heavy atom. The van der Waals surface area contributed by atoms with Crippen LogP contribution in [0, 0.1) is 19.7 Å². The largest absolute Gasteiger partial charge is 0.492 e. The Balaban J connectivity index is 1.29. The van der Waals surface area contributed by atoms with Crippen LogP contribution in [0.3, 0.4) is 0 Å². The van der Waals surface area contributed by atoms with E-state index in [0.717, 1.165) is 50.9 Å². The summed E-state index contributed by atoms with van der Waals surface area (Å²) in [7, 11) is 1.39. The van der Waals surface area contributed by atoms with Crippen molar-refractivity contribution in [1.82, 2.24) is 4.98 Å². The highest BCUT2D eigenvalue weighted by Gasteiger charge is 2.32. The first-order valence-corrected chi connectivity index (χ1v) is 13.3. The predicted octanol–water partition coefficient (Wildman–Crippen LogP) is 7.28. The van der Waals surface area contributed by atoms with Gasteiger partial charge in [0, 0.05) is 41.1 Å². The van der Waals surface area contributed by atoms with Crippen LogP contribution in [0.25, 0.3) is 22.3 Å². The Labute approximate surface area is 227 Å². The van der Waals surface area contributed by atoms with Gasteiger partial charge in [0.15, 0.2) is 0 Å². The SMILES string of the molecule is COC(=O)CC1COc2cc(O[C@@H]3CCc4c(-c5c(C)cc(-c6cccnc6)cc5C)ccc(F)c43)ccc21. The van der Waals surface area contributed by atoms with Crippen molar-refractivity contribution in [2.45, 2.75) is 45.1 Å². The summed E-state index contributed by atoms with van der Waals surface area (Å²) in [5.41, 5.74) is 9.29. The zero-order chi connectivity index (χ0) is 27.1. The molecule has 6 rings (SSSR count). The lowest BCUT2D eigenvalue weighted by molar-refractivity contribution is -0.141. The number of fused-ring (bicyclic) bond motifs is 2. The van der Waals surface area contributed by atoms with Crippen LogP contribution in [0.2, 0.25) is 0 Å². The number of ether oxygens (including phenoxy) is 3. The zero-order valence-electron chi connectivity index (χ0n) is 22.3. The number of carbonyl (C=O) groups is 1. The van der Waals surface area contributed by atoms with Crippen LogP contribution in [0.5, 0.6) is 11.5 Å². The number of pyridine rings is 1. The second-order valence-electron chi connectivity index (χ2n) is 10.3. The first kappa shape index (κ1) is 25.1. The van der Waals surface area contributed by atoms with Gasteiger partial charge < -0.3 is 14.2 Å². The van der Waals surface area contributed by atoms with Crippen LogP contribution in [0.15, 0.2) is 67.0 Å². The molecule has 5 nitrogen and oxygen atoms in total. The van der Waals surface area contributed by atoms with Crippen molar-refractivity contribution in [1.29, 1.82) is 0 Å². The van der Waals surface area contributed by atoms with Crippen molar-refractivity contribution in [2.24, 2.45) is 0 Å². The van der Waals surface area contributed by atoms with E-state index in [2.05, 4.69) is 37.0 Å². The fourth-order valence-corrected chi connectivity index (χ4v) is 6.06. The molecule has 1 aromatic heterocycles. The molecule has 2 atom stereocenters. The quantitative estimate of drug-likeness (QED) is 0.249. The van der Waals surface area contributed by atoms with E-state index in [-0.39, 0.29) is 30.2 Å². The summed E-state index contributed by atoms with van der Waals surface area (Å²) in [6, 6.07) is 17.5. The van der Waals surface area contributed by atoms with Crippen LogP contribution in [-0.2, 0) is 16.0 Å². The van der Waals surface area contributed by atoms with Crippen molar-refractivity contribution in [3.63, 3.8) is 0 Å². The number of methoxy groups -OCH3 is 1. The van der Waals surface area contributed by atoms with Crippen molar-refractivity contribution < 1.29 is 23.4 Å². The lowest BCUT2D eigenvalue weighted by atomic mass is 9.88. The van der Waals surface area contributed by atoms with Crippen molar-refractivity contribution in [2.75, 3.05) is 13.7 Å². The molecule has 0 fully saturated rings. The third-order valence-corrected chi connectivity index (χ3v) is 7.86. The maximum Gasteiger partial charge on any atom is 0.306 e. The van der Waals surface area contributed by atoms with Gasteiger partial charge in [-0.3, -0.25) is 9.78 Å². The van der Waals surface area contributed by atoms with Gasteiger partial charge in [0.25, 0.3) is 0 Å². The average Bonchev–Trinajstić information content (AvgIpc) is 3.54. The normalized spacial score (nSPS) is 17.3. The molecule has 0 spiro atoms. The summed E-state index contributed by atoms with van der Waals surface area (Å²) >= 11 is 0. The minimum atomic E-state index is -0.388. The molecule has 1 aliphatic carbocycles. The third kappa shape index (κ3) is 4.65. The highest BCUT2D eigenvalue weighted by atomic mass is 19.1. The number of aromatic nitrogens is 1. The molecular formula is C33H30FNO4. The van der Waals surface area contributed by atoms with Crippen LogP contribution >= 0.6 is 0 Å². The van der Waals surface area contributed by atoms with E-state index >= 15 is 4.39 Å². The highest BCUT2D eigenvalue weighted by molar-refractivity contribution is 5.79. The van der Waals surface area contributed by atoms with Gasteiger partial charge in [-0.05, 0) is 78.3 Å². The van der Waals surface area contributed by atoms with E-state index in [9.17, 15) is 4.79 Å². The Morgan fingerprint density at radius 2 is 1.90 bits per heavy atom. The molecule has 0 amide bonds. The van der Waals surface area contributed by atoms with E-state index in [1.165, 1.54) is 7.11 Å². The molecule has 3 aromatic carbocycles. The summed E-state index contributed by atoms with van der Waals surface area (Å²) in [6.07, 6.45) is 4.96. The van der Waals surface area contributed by atoms with Crippen molar-refractivity contribution in [3.8, 4) is 33.8 Å². The molecule has 0 N–H and O–H groups in total. The van der Waals surface area contributed by atoms with Gasteiger partial charge >= 0.3 is 5.97 Å². The number of carbonyl (C=O) groups excluding carboxylic acids is 1.